The Bertz CT molecular complexity index is 1160. The highest BCUT2D eigenvalue weighted by Gasteiger charge is 2.11. The molecule has 1 heterocycles. The number of hydrogen-bond donors (Lipinski definition) is 3. The lowest BCUT2D eigenvalue weighted by molar-refractivity contribution is 0.355. The molecule has 0 bridgehead atoms. The van der Waals surface area contributed by atoms with Gasteiger partial charge in [0, 0.05) is 17.4 Å². The molecular weight excluding hydrogens is 384 g/mol. The number of ether oxygens (including phenoxy) is 2. The van der Waals surface area contributed by atoms with Crippen molar-refractivity contribution >= 4 is 32.3 Å². The Kier molecular flexibility index (Phi) is 5.41. The molecule has 3 N–H and O–H groups in total. The van der Waals surface area contributed by atoms with Gasteiger partial charge < -0.3 is 19.8 Å². The standard InChI is InChI=1S/C18H20N4O5S/c1-26-15-8-13-14(9-16(15)27-2)20-17(21-18(13)23)10-19-11-4-6-12(7-5-11)22-28(3,24)25/h4-9,19,22H,10H2,1-3H3,(H,20,21,23). The first-order chi connectivity index (χ1) is 13.3. The first-order valence-electron chi connectivity index (χ1n) is 8.25. The molecule has 148 valence electrons. The van der Waals surface area contributed by atoms with Gasteiger partial charge in [0.2, 0.25) is 10.0 Å². The maximum atomic E-state index is 12.4. The number of sulfonamides is 1. The number of nitrogens with one attached hydrogen (secondary N) is 3. The predicted octanol–water partition coefficient (Wildman–Crippen LogP) is 1.92. The minimum atomic E-state index is -3.32. The third-order valence-electron chi connectivity index (χ3n) is 3.91. The van der Waals surface area contributed by atoms with Crippen LogP contribution >= 0.6 is 0 Å². The first-order valence-corrected chi connectivity index (χ1v) is 10.1. The summed E-state index contributed by atoms with van der Waals surface area (Å²) in [7, 11) is -0.305. The van der Waals surface area contributed by atoms with Gasteiger partial charge in [-0.15, -0.1) is 0 Å². The van der Waals surface area contributed by atoms with Gasteiger partial charge in [0.25, 0.3) is 5.56 Å². The van der Waals surface area contributed by atoms with Gasteiger partial charge in [0.05, 0.1) is 37.9 Å². The van der Waals surface area contributed by atoms with E-state index < -0.39 is 10.0 Å². The van der Waals surface area contributed by atoms with Crippen molar-refractivity contribution in [1.82, 2.24) is 9.97 Å². The molecule has 2 aromatic carbocycles. The number of fused-ring (bicyclic) bond motifs is 1. The Labute approximate surface area is 161 Å². The molecule has 0 aliphatic rings. The Balaban J connectivity index is 1.80. The summed E-state index contributed by atoms with van der Waals surface area (Å²) >= 11 is 0. The highest BCUT2D eigenvalue weighted by molar-refractivity contribution is 7.92. The molecule has 0 atom stereocenters. The minimum absolute atomic E-state index is 0.276. The lowest BCUT2D eigenvalue weighted by Gasteiger charge is -2.10. The van der Waals surface area contributed by atoms with E-state index in [1.165, 1.54) is 14.2 Å². The van der Waals surface area contributed by atoms with Gasteiger partial charge in [-0.2, -0.15) is 0 Å². The summed E-state index contributed by atoms with van der Waals surface area (Å²) in [6.45, 7) is 0.276. The van der Waals surface area contributed by atoms with Gasteiger partial charge >= 0.3 is 0 Å². The van der Waals surface area contributed by atoms with E-state index >= 15 is 0 Å². The number of nitrogens with zero attached hydrogens (tertiary/aromatic N) is 1. The van der Waals surface area contributed by atoms with Crippen LogP contribution in [0.1, 0.15) is 5.82 Å². The summed E-state index contributed by atoms with van der Waals surface area (Å²) in [5.74, 6) is 1.39. The Morgan fingerprint density at radius 1 is 1.04 bits per heavy atom. The number of aromatic amines is 1. The van der Waals surface area contributed by atoms with E-state index in [1.807, 2.05) is 0 Å². The molecule has 0 aliphatic carbocycles. The van der Waals surface area contributed by atoms with E-state index in [0.717, 1.165) is 11.9 Å². The zero-order chi connectivity index (χ0) is 20.3. The highest BCUT2D eigenvalue weighted by atomic mass is 32.2. The molecule has 3 aromatic rings. The normalized spacial score (nSPS) is 11.2. The number of methoxy groups -OCH3 is 2. The molecule has 28 heavy (non-hydrogen) atoms. The van der Waals surface area contributed by atoms with Crippen LogP contribution in [-0.2, 0) is 16.6 Å². The molecule has 9 nitrogen and oxygen atoms in total. The number of rotatable bonds is 7. The number of aromatic nitrogens is 2. The Hall–Kier alpha value is -3.27. The fraction of sp³-hybridized carbons (Fsp3) is 0.222. The third-order valence-corrected chi connectivity index (χ3v) is 4.51. The topological polar surface area (TPSA) is 122 Å². The zero-order valence-corrected chi connectivity index (χ0v) is 16.4. The Morgan fingerprint density at radius 3 is 2.25 bits per heavy atom. The molecule has 3 rings (SSSR count). The molecule has 0 amide bonds. The van der Waals surface area contributed by atoms with Gasteiger partial charge in [-0.3, -0.25) is 9.52 Å². The van der Waals surface area contributed by atoms with Crippen molar-refractivity contribution < 1.29 is 17.9 Å². The average Bonchev–Trinajstić information content (AvgIpc) is 2.65. The van der Waals surface area contributed by atoms with E-state index in [1.54, 1.807) is 36.4 Å². The van der Waals surface area contributed by atoms with Crippen molar-refractivity contribution in [1.29, 1.82) is 0 Å². The first kappa shape index (κ1) is 19.5. The molecule has 0 spiro atoms. The quantitative estimate of drug-likeness (QED) is 0.550. The van der Waals surface area contributed by atoms with E-state index in [0.29, 0.717) is 33.9 Å². The van der Waals surface area contributed by atoms with Crippen LogP contribution in [0.2, 0.25) is 0 Å². The second-order valence-electron chi connectivity index (χ2n) is 6.04. The third kappa shape index (κ3) is 4.52. The lowest BCUT2D eigenvalue weighted by atomic mass is 10.2. The van der Waals surface area contributed by atoms with Crippen molar-refractivity contribution in [3.63, 3.8) is 0 Å². The predicted molar refractivity (Wildman–Crippen MR) is 108 cm³/mol. The van der Waals surface area contributed by atoms with Crippen LogP contribution in [0.4, 0.5) is 11.4 Å². The number of H-pyrrole nitrogens is 1. The van der Waals surface area contributed by atoms with Gasteiger partial charge in [-0.05, 0) is 30.3 Å². The van der Waals surface area contributed by atoms with Crippen LogP contribution in [0, 0.1) is 0 Å². The van der Waals surface area contributed by atoms with E-state index in [2.05, 4.69) is 20.0 Å². The van der Waals surface area contributed by atoms with Crippen molar-refractivity contribution in [2.45, 2.75) is 6.54 Å². The maximum absolute atomic E-state index is 12.4. The van der Waals surface area contributed by atoms with Crippen LogP contribution in [0.15, 0.2) is 41.2 Å². The zero-order valence-electron chi connectivity index (χ0n) is 15.6. The van der Waals surface area contributed by atoms with E-state index in [4.69, 9.17) is 9.47 Å². The lowest BCUT2D eigenvalue weighted by Crippen LogP contribution is -2.15. The van der Waals surface area contributed by atoms with Crippen molar-refractivity contribution in [3.05, 3.63) is 52.6 Å². The van der Waals surface area contributed by atoms with Crippen molar-refractivity contribution in [2.75, 3.05) is 30.5 Å². The number of hydrogen-bond acceptors (Lipinski definition) is 7. The summed E-state index contributed by atoms with van der Waals surface area (Å²) in [6.07, 6.45) is 1.09. The SMILES string of the molecule is COc1cc2nc(CNc3ccc(NS(C)(=O)=O)cc3)[nH]c(=O)c2cc1OC. The molecule has 0 fully saturated rings. The fourth-order valence-corrected chi connectivity index (χ4v) is 3.22. The molecule has 0 saturated heterocycles. The van der Waals surface area contributed by atoms with Crippen LogP contribution < -0.4 is 25.1 Å². The largest absolute Gasteiger partial charge is 0.493 e. The van der Waals surface area contributed by atoms with Crippen molar-refractivity contribution in [2.24, 2.45) is 0 Å². The van der Waals surface area contributed by atoms with Crippen LogP contribution in [-0.4, -0.2) is 38.9 Å². The highest BCUT2D eigenvalue weighted by Crippen LogP contribution is 2.29. The van der Waals surface area contributed by atoms with Gasteiger partial charge in [-0.1, -0.05) is 0 Å². The summed E-state index contributed by atoms with van der Waals surface area (Å²) < 4.78 is 35.3. The summed E-state index contributed by atoms with van der Waals surface area (Å²) in [5.41, 5.74) is 1.42. The minimum Gasteiger partial charge on any atom is -0.493 e. The average molecular weight is 404 g/mol. The van der Waals surface area contributed by atoms with Gasteiger partial charge in [0.15, 0.2) is 11.5 Å². The summed E-state index contributed by atoms with van der Waals surface area (Å²) in [6, 6.07) is 9.96. The van der Waals surface area contributed by atoms with Crippen LogP contribution in [0.3, 0.4) is 0 Å². The van der Waals surface area contributed by atoms with E-state index in [-0.39, 0.29) is 12.1 Å². The smallest absolute Gasteiger partial charge is 0.258 e. The molecule has 0 aliphatic heterocycles. The van der Waals surface area contributed by atoms with Gasteiger partial charge in [0.1, 0.15) is 5.82 Å². The second kappa shape index (κ2) is 7.77. The summed E-state index contributed by atoms with van der Waals surface area (Å²) in [5, 5.41) is 3.53. The molecule has 0 radical (unpaired) electrons. The molecular formula is C18H20N4O5S. The molecule has 0 saturated carbocycles. The van der Waals surface area contributed by atoms with E-state index in [9.17, 15) is 13.2 Å². The number of anilines is 2. The Morgan fingerprint density at radius 2 is 1.64 bits per heavy atom. The van der Waals surface area contributed by atoms with Gasteiger partial charge in [-0.25, -0.2) is 13.4 Å². The maximum Gasteiger partial charge on any atom is 0.258 e. The monoisotopic (exact) mass is 404 g/mol. The molecule has 0 unspecified atom stereocenters. The second-order valence-corrected chi connectivity index (χ2v) is 7.79. The number of benzene rings is 2. The van der Waals surface area contributed by atoms with Crippen molar-refractivity contribution in [3.8, 4) is 11.5 Å². The molecule has 1 aromatic heterocycles. The van der Waals surface area contributed by atoms with Crippen LogP contribution in [0.25, 0.3) is 10.9 Å². The molecule has 10 heteroatoms. The fourth-order valence-electron chi connectivity index (χ4n) is 2.65. The summed E-state index contributed by atoms with van der Waals surface area (Å²) in [4.78, 5) is 19.6. The van der Waals surface area contributed by atoms with Crippen LogP contribution in [0.5, 0.6) is 11.5 Å².